The van der Waals surface area contributed by atoms with Gasteiger partial charge in [-0.25, -0.2) is 9.97 Å². The SMILES string of the molecule is Cc1nc2ccc(-c3cccc4c(-c5cccc6c5C5(c7ccccc7-c7ccccc75)c5ccc7ccccc7c5-6)c5cccc(-c6ccc7nc(C)n(C)c7c6)c5cc34)cc2n1C. The molecule has 1 spiro atoms. The van der Waals surface area contributed by atoms with Crippen molar-refractivity contribution >= 4 is 54.4 Å². The molecule has 12 aromatic rings. The van der Waals surface area contributed by atoms with Crippen LogP contribution >= 0.6 is 0 Å². The quantitative estimate of drug-likeness (QED) is 0.166. The summed E-state index contributed by atoms with van der Waals surface area (Å²) in [4.78, 5) is 9.74. The molecule has 2 aromatic heterocycles. The van der Waals surface area contributed by atoms with Gasteiger partial charge in [-0.1, -0.05) is 152 Å². The molecule has 0 fully saturated rings. The molecule has 0 saturated heterocycles. The van der Waals surface area contributed by atoms with E-state index >= 15 is 0 Å². The molecule has 0 atom stereocenters. The number of imidazole rings is 2. The number of nitrogens with zero attached hydrogens (tertiary/aromatic N) is 4. The first-order valence-corrected chi connectivity index (χ1v) is 22.6. The van der Waals surface area contributed by atoms with Crippen LogP contribution in [0.5, 0.6) is 0 Å². The Morgan fingerprint density at radius 1 is 0.369 bits per heavy atom. The molecular weight excluding hydrogens is 789 g/mol. The zero-order chi connectivity index (χ0) is 43.3. The summed E-state index contributed by atoms with van der Waals surface area (Å²) in [6.07, 6.45) is 0. The van der Waals surface area contributed by atoms with Gasteiger partial charge in [0.25, 0.3) is 0 Å². The second kappa shape index (κ2) is 13.0. The van der Waals surface area contributed by atoms with E-state index in [1.54, 1.807) is 0 Å². The van der Waals surface area contributed by atoms with Crippen LogP contribution in [0.25, 0.3) is 110 Å². The van der Waals surface area contributed by atoms with Crippen LogP contribution in [0.4, 0.5) is 0 Å². The molecule has 2 aliphatic carbocycles. The zero-order valence-corrected chi connectivity index (χ0v) is 36.6. The monoisotopic (exact) mass is 830 g/mol. The van der Waals surface area contributed by atoms with Crippen molar-refractivity contribution in [3.8, 4) is 55.6 Å². The van der Waals surface area contributed by atoms with Crippen LogP contribution in [0, 0.1) is 13.8 Å². The number of benzene rings is 10. The molecule has 306 valence electrons. The van der Waals surface area contributed by atoms with Gasteiger partial charge in [-0.15, -0.1) is 0 Å². The highest BCUT2D eigenvalue weighted by atomic mass is 15.1. The standard InChI is InChI=1S/C61H42N4/c1-35-62-54-30-27-38(32-56(54)64(35)3)40-18-11-20-45-49(40)34-50-41(39-28-31-55-57(33-39)65(4)36(2)63-55)19-12-21-46(50)58(45)47-22-13-23-48-59-42-15-6-5-14-37(42)26-29-53(59)61(60(47)48)51-24-9-7-16-43(51)44-17-8-10-25-52(44)61/h5-34H,1-4H3. The molecule has 14 rings (SSSR count). The van der Waals surface area contributed by atoms with Crippen molar-refractivity contribution in [3.05, 3.63) is 216 Å². The molecule has 65 heavy (non-hydrogen) atoms. The fourth-order valence-electron chi connectivity index (χ4n) is 12.1. The van der Waals surface area contributed by atoms with Crippen LogP contribution in [0.15, 0.2) is 182 Å². The number of hydrogen-bond donors (Lipinski definition) is 0. The topological polar surface area (TPSA) is 35.6 Å². The summed E-state index contributed by atoms with van der Waals surface area (Å²) >= 11 is 0. The molecule has 0 amide bonds. The van der Waals surface area contributed by atoms with Gasteiger partial charge in [0, 0.05) is 14.1 Å². The van der Waals surface area contributed by atoms with Crippen molar-refractivity contribution in [1.82, 2.24) is 19.1 Å². The molecule has 4 nitrogen and oxygen atoms in total. The summed E-state index contributed by atoms with van der Waals surface area (Å²) in [5.41, 5.74) is 21.6. The van der Waals surface area contributed by atoms with Gasteiger partial charge < -0.3 is 9.13 Å². The Labute approximate surface area is 376 Å². The average Bonchev–Trinajstić information content (AvgIpc) is 4.03. The first-order chi connectivity index (χ1) is 31.9. The number of hydrogen-bond acceptors (Lipinski definition) is 2. The van der Waals surface area contributed by atoms with E-state index in [1.807, 2.05) is 0 Å². The van der Waals surface area contributed by atoms with E-state index in [4.69, 9.17) is 9.97 Å². The molecule has 10 aromatic carbocycles. The first kappa shape index (κ1) is 36.4. The Morgan fingerprint density at radius 3 is 1.45 bits per heavy atom. The third-order valence-corrected chi connectivity index (χ3v) is 15.1. The Bertz CT molecular complexity index is 3880. The van der Waals surface area contributed by atoms with E-state index in [2.05, 4.69) is 219 Å². The van der Waals surface area contributed by atoms with E-state index < -0.39 is 5.41 Å². The Kier molecular flexibility index (Phi) is 7.28. The van der Waals surface area contributed by atoms with E-state index in [-0.39, 0.29) is 0 Å². The highest BCUT2D eigenvalue weighted by molar-refractivity contribution is 6.21. The number of fused-ring (bicyclic) bond motifs is 16. The Hall–Kier alpha value is -8.08. The normalized spacial score (nSPS) is 13.4. The smallest absolute Gasteiger partial charge is 0.106 e. The molecule has 0 saturated carbocycles. The molecule has 0 radical (unpaired) electrons. The Balaban J connectivity index is 1.16. The summed E-state index contributed by atoms with van der Waals surface area (Å²) in [7, 11) is 4.23. The lowest BCUT2D eigenvalue weighted by molar-refractivity contribution is 0.796. The molecule has 2 heterocycles. The van der Waals surface area contributed by atoms with Gasteiger partial charge in [-0.2, -0.15) is 0 Å². The number of aryl methyl sites for hydroxylation is 4. The summed E-state index contributed by atoms with van der Waals surface area (Å²) < 4.78 is 4.40. The highest BCUT2D eigenvalue weighted by Gasteiger charge is 2.53. The van der Waals surface area contributed by atoms with Crippen LogP contribution in [-0.2, 0) is 19.5 Å². The van der Waals surface area contributed by atoms with Crippen molar-refractivity contribution in [3.63, 3.8) is 0 Å². The van der Waals surface area contributed by atoms with Crippen LogP contribution < -0.4 is 0 Å². The minimum absolute atomic E-state index is 0.549. The average molecular weight is 831 g/mol. The Morgan fingerprint density at radius 2 is 0.846 bits per heavy atom. The molecule has 0 unspecified atom stereocenters. The second-order valence-corrected chi connectivity index (χ2v) is 18.2. The third kappa shape index (κ3) is 4.70. The maximum Gasteiger partial charge on any atom is 0.106 e. The van der Waals surface area contributed by atoms with Crippen LogP contribution in [-0.4, -0.2) is 19.1 Å². The summed E-state index contributed by atoms with van der Waals surface area (Å²) in [5.74, 6) is 2.01. The minimum Gasteiger partial charge on any atom is -0.331 e. The van der Waals surface area contributed by atoms with Gasteiger partial charge in [0.15, 0.2) is 0 Å². The van der Waals surface area contributed by atoms with Gasteiger partial charge in [-0.3, -0.25) is 0 Å². The van der Waals surface area contributed by atoms with Crippen molar-refractivity contribution in [2.45, 2.75) is 19.3 Å². The van der Waals surface area contributed by atoms with Gasteiger partial charge in [-0.05, 0) is 154 Å². The molecule has 4 heteroatoms. The lowest BCUT2D eigenvalue weighted by Gasteiger charge is -2.33. The van der Waals surface area contributed by atoms with E-state index in [1.165, 1.54) is 110 Å². The summed E-state index contributed by atoms with van der Waals surface area (Å²) in [6, 6.07) is 69.0. The molecule has 0 aliphatic heterocycles. The van der Waals surface area contributed by atoms with Crippen molar-refractivity contribution in [1.29, 1.82) is 0 Å². The minimum atomic E-state index is -0.549. The summed E-state index contributed by atoms with van der Waals surface area (Å²) in [6.45, 7) is 4.16. The summed E-state index contributed by atoms with van der Waals surface area (Å²) in [5, 5.41) is 7.45. The van der Waals surface area contributed by atoms with Crippen LogP contribution in [0.3, 0.4) is 0 Å². The van der Waals surface area contributed by atoms with Crippen LogP contribution in [0.1, 0.15) is 33.9 Å². The predicted molar refractivity (Wildman–Crippen MR) is 270 cm³/mol. The third-order valence-electron chi connectivity index (χ3n) is 15.1. The highest BCUT2D eigenvalue weighted by Crippen LogP contribution is 2.66. The maximum absolute atomic E-state index is 4.87. The van der Waals surface area contributed by atoms with Crippen molar-refractivity contribution in [2.24, 2.45) is 14.1 Å². The maximum atomic E-state index is 4.87. The zero-order valence-electron chi connectivity index (χ0n) is 36.6. The van der Waals surface area contributed by atoms with Gasteiger partial charge in [0.2, 0.25) is 0 Å². The van der Waals surface area contributed by atoms with Gasteiger partial charge in [0.1, 0.15) is 11.6 Å². The van der Waals surface area contributed by atoms with Gasteiger partial charge in [0.05, 0.1) is 27.5 Å². The number of rotatable bonds is 3. The largest absolute Gasteiger partial charge is 0.331 e. The molecular formula is C61H42N4. The lowest BCUT2D eigenvalue weighted by Crippen LogP contribution is -2.26. The fraction of sp³-hybridized carbons (Fsp3) is 0.0820. The second-order valence-electron chi connectivity index (χ2n) is 18.2. The van der Waals surface area contributed by atoms with Crippen molar-refractivity contribution in [2.75, 3.05) is 0 Å². The van der Waals surface area contributed by atoms with Gasteiger partial charge >= 0.3 is 0 Å². The molecule has 2 aliphatic rings. The first-order valence-electron chi connectivity index (χ1n) is 22.6. The fourth-order valence-corrected chi connectivity index (χ4v) is 12.1. The van der Waals surface area contributed by atoms with E-state index in [0.717, 1.165) is 33.7 Å². The lowest BCUT2D eigenvalue weighted by atomic mass is 9.68. The molecule has 0 N–H and O–H groups in total. The predicted octanol–water partition coefficient (Wildman–Crippen LogP) is 14.9. The number of aromatic nitrogens is 4. The van der Waals surface area contributed by atoms with E-state index in [0.29, 0.717) is 0 Å². The molecule has 0 bridgehead atoms. The van der Waals surface area contributed by atoms with Crippen molar-refractivity contribution < 1.29 is 0 Å². The van der Waals surface area contributed by atoms with E-state index in [9.17, 15) is 0 Å². The van der Waals surface area contributed by atoms with Crippen LogP contribution in [0.2, 0.25) is 0 Å².